The molecule has 5 heteroatoms. The zero-order valence-corrected chi connectivity index (χ0v) is 9.75. The van der Waals surface area contributed by atoms with Crippen molar-refractivity contribution in [3.63, 3.8) is 0 Å². The van der Waals surface area contributed by atoms with Crippen molar-refractivity contribution in [2.75, 3.05) is 5.32 Å². The maximum Gasteiger partial charge on any atom is 0.194 e. The fourth-order valence-corrected chi connectivity index (χ4v) is 1.64. The van der Waals surface area contributed by atoms with Gasteiger partial charge in [-0.3, -0.25) is 0 Å². The van der Waals surface area contributed by atoms with Gasteiger partial charge < -0.3 is 5.32 Å². The summed E-state index contributed by atoms with van der Waals surface area (Å²) >= 11 is 0. The van der Waals surface area contributed by atoms with Crippen LogP contribution in [0.1, 0.15) is 11.1 Å². The van der Waals surface area contributed by atoms with Gasteiger partial charge in [-0.05, 0) is 29.8 Å². The fourth-order valence-electron chi connectivity index (χ4n) is 1.64. The number of nitriles is 1. The number of rotatable bonds is 3. The van der Waals surface area contributed by atoms with Crippen molar-refractivity contribution in [1.82, 2.24) is 0 Å². The van der Waals surface area contributed by atoms with Gasteiger partial charge in [-0.25, -0.2) is 13.2 Å². The van der Waals surface area contributed by atoms with Gasteiger partial charge in [0, 0.05) is 6.54 Å². The van der Waals surface area contributed by atoms with Gasteiger partial charge in [-0.15, -0.1) is 0 Å². The molecular weight excluding hydrogens is 253 g/mol. The number of halogens is 3. The van der Waals surface area contributed by atoms with Gasteiger partial charge in [0.1, 0.15) is 6.07 Å². The summed E-state index contributed by atoms with van der Waals surface area (Å²) in [5.41, 5.74) is 1.23. The molecule has 0 saturated carbocycles. The van der Waals surface area contributed by atoms with E-state index in [4.69, 9.17) is 5.26 Å². The average Bonchev–Trinajstić information content (AvgIpc) is 2.42. The van der Waals surface area contributed by atoms with E-state index >= 15 is 0 Å². The normalized spacial score (nSPS) is 10.0. The minimum absolute atomic E-state index is 0.0901. The summed E-state index contributed by atoms with van der Waals surface area (Å²) in [7, 11) is 0. The maximum atomic E-state index is 13.0. The average molecular weight is 262 g/mol. The largest absolute Gasteiger partial charge is 0.380 e. The first-order valence-electron chi connectivity index (χ1n) is 5.48. The second-order valence-electron chi connectivity index (χ2n) is 3.88. The molecule has 96 valence electrons. The van der Waals surface area contributed by atoms with Crippen molar-refractivity contribution in [2.45, 2.75) is 6.54 Å². The SMILES string of the molecule is N#Cc1ccccc1NCc1cc(F)c(F)c(F)c1. The van der Waals surface area contributed by atoms with Crippen molar-refractivity contribution in [3.8, 4) is 6.07 Å². The number of benzene rings is 2. The lowest BCUT2D eigenvalue weighted by molar-refractivity contribution is 0.445. The molecule has 0 aliphatic heterocycles. The van der Waals surface area contributed by atoms with Crippen LogP contribution < -0.4 is 5.32 Å². The Morgan fingerprint density at radius 1 is 1.05 bits per heavy atom. The molecule has 1 N–H and O–H groups in total. The van der Waals surface area contributed by atoms with Gasteiger partial charge in [0.15, 0.2) is 17.5 Å². The molecule has 0 amide bonds. The van der Waals surface area contributed by atoms with Gasteiger partial charge in [0.2, 0.25) is 0 Å². The number of para-hydroxylation sites is 1. The van der Waals surface area contributed by atoms with Gasteiger partial charge in [0.25, 0.3) is 0 Å². The second kappa shape index (κ2) is 5.44. The topological polar surface area (TPSA) is 35.8 Å². The first-order chi connectivity index (χ1) is 9.11. The summed E-state index contributed by atoms with van der Waals surface area (Å²) in [4.78, 5) is 0. The Morgan fingerprint density at radius 2 is 1.68 bits per heavy atom. The molecule has 0 aromatic heterocycles. The summed E-state index contributed by atoms with van der Waals surface area (Å²) in [5.74, 6) is -3.95. The van der Waals surface area contributed by atoms with Crippen molar-refractivity contribution >= 4 is 5.69 Å². The Hall–Kier alpha value is -2.48. The molecule has 2 nitrogen and oxygen atoms in total. The lowest BCUT2D eigenvalue weighted by atomic mass is 10.1. The van der Waals surface area contributed by atoms with E-state index in [9.17, 15) is 13.2 Å². The van der Waals surface area contributed by atoms with Crippen LogP contribution in [0.15, 0.2) is 36.4 Å². The van der Waals surface area contributed by atoms with E-state index < -0.39 is 17.5 Å². The number of hydrogen-bond donors (Lipinski definition) is 1. The quantitative estimate of drug-likeness (QED) is 0.858. The minimum Gasteiger partial charge on any atom is -0.380 e. The molecule has 2 aromatic carbocycles. The molecule has 0 aliphatic carbocycles. The van der Waals surface area contributed by atoms with Crippen LogP contribution in [0.2, 0.25) is 0 Å². The standard InChI is InChI=1S/C14H9F3N2/c15-11-5-9(6-12(16)14(11)17)8-19-13-4-2-1-3-10(13)7-18/h1-6,19H,8H2. The van der Waals surface area contributed by atoms with Crippen LogP contribution >= 0.6 is 0 Å². The van der Waals surface area contributed by atoms with Crippen molar-refractivity contribution in [1.29, 1.82) is 5.26 Å². The summed E-state index contributed by atoms with van der Waals surface area (Å²) in [6.45, 7) is 0.0901. The van der Waals surface area contributed by atoms with E-state index in [1.165, 1.54) is 0 Å². The third-order valence-corrected chi connectivity index (χ3v) is 2.57. The fraction of sp³-hybridized carbons (Fsp3) is 0.0714. The van der Waals surface area contributed by atoms with Crippen LogP contribution in [0, 0.1) is 28.8 Å². The highest BCUT2D eigenvalue weighted by molar-refractivity contribution is 5.57. The number of anilines is 1. The van der Waals surface area contributed by atoms with Gasteiger partial charge in [-0.1, -0.05) is 12.1 Å². The van der Waals surface area contributed by atoms with Crippen molar-refractivity contribution < 1.29 is 13.2 Å². The lowest BCUT2D eigenvalue weighted by Gasteiger charge is -2.08. The highest BCUT2D eigenvalue weighted by Crippen LogP contribution is 2.17. The number of nitrogens with one attached hydrogen (secondary N) is 1. The van der Waals surface area contributed by atoms with E-state index in [0.717, 1.165) is 12.1 Å². The number of nitrogens with zero attached hydrogens (tertiary/aromatic N) is 1. The molecular formula is C14H9F3N2. The van der Waals surface area contributed by atoms with Crippen molar-refractivity contribution in [3.05, 3.63) is 65.0 Å². The van der Waals surface area contributed by atoms with Crippen LogP contribution in [-0.2, 0) is 6.54 Å². The van der Waals surface area contributed by atoms with E-state index in [2.05, 4.69) is 5.32 Å². The first-order valence-corrected chi connectivity index (χ1v) is 5.48. The summed E-state index contributed by atoms with van der Waals surface area (Å²) < 4.78 is 38.8. The molecule has 0 heterocycles. The van der Waals surface area contributed by atoms with Crippen LogP contribution in [0.4, 0.5) is 18.9 Å². The molecule has 0 atom stereocenters. The second-order valence-corrected chi connectivity index (χ2v) is 3.88. The van der Waals surface area contributed by atoms with Gasteiger partial charge in [-0.2, -0.15) is 5.26 Å². The van der Waals surface area contributed by atoms with E-state index in [0.29, 0.717) is 11.3 Å². The molecule has 0 radical (unpaired) electrons. The Kier molecular flexibility index (Phi) is 3.71. The Bertz CT molecular complexity index is 624. The predicted molar refractivity (Wildman–Crippen MR) is 64.8 cm³/mol. The Morgan fingerprint density at radius 3 is 2.32 bits per heavy atom. The third-order valence-electron chi connectivity index (χ3n) is 2.57. The Balaban J connectivity index is 2.17. The lowest BCUT2D eigenvalue weighted by Crippen LogP contribution is -2.03. The Labute approximate surface area is 108 Å². The molecule has 0 bridgehead atoms. The summed E-state index contributed by atoms with van der Waals surface area (Å²) in [6.07, 6.45) is 0. The van der Waals surface area contributed by atoms with Crippen molar-refractivity contribution in [2.24, 2.45) is 0 Å². The zero-order chi connectivity index (χ0) is 13.8. The van der Waals surface area contributed by atoms with Crippen LogP contribution in [0.25, 0.3) is 0 Å². The molecule has 2 aromatic rings. The summed E-state index contributed by atoms with van der Waals surface area (Å²) in [6, 6.07) is 10.6. The van der Waals surface area contributed by atoms with Gasteiger partial charge >= 0.3 is 0 Å². The first kappa shape index (κ1) is 13.0. The smallest absolute Gasteiger partial charge is 0.194 e. The predicted octanol–water partition coefficient (Wildman–Crippen LogP) is 3.59. The number of hydrogen-bond acceptors (Lipinski definition) is 2. The molecule has 0 spiro atoms. The van der Waals surface area contributed by atoms with E-state index in [1.807, 2.05) is 6.07 Å². The minimum atomic E-state index is -1.49. The van der Waals surface area contributed by atoms with Crippen LogP contribution in [0.3, 0.4) is 0 Å². The monoisotopic (exact) mass is 262 g/mol. The highest BCUT2D eigenvalue weighted by atomic mass is 19.2. The molecule has 0 aliphatic rings. The zero-order valence-electron chi connectivity index (χ0n) is 9.75. The van der Waals surface area contributed by atoms with Crippen LogP contribution in [-0.4, -0.2) is 0 Å². The highest BCUT2D eigenvalue weighted by Gasteiger charge is 2.10. The molecule has 19 heavy (non-hydrogen) atoms. The van der Waals surface area contributed by atoms with Gasteiger partial charge in [0.05, 0.1) is 11.3 Å². The van der Waals surface area contributed by atoms with Crippen LogP contribution in [0.5, 0.6) is 0 Å². The summed E-state index contributed by atoms with van der Waals surface area (Å²) in [5, 5.41) is 11.8. The van der Waals surface area contributed by atoms with E-state index in [1.54, 1.807) is 24.3 Å². The van der Waals surface area contributed by atoms with E-state index in [-0.39, 0.29) is 12.1 Å². The molecule has 0 fully saturated rings. The molecule has 2 rings (SSSR count). The molecule has 0 saturated heterocycles. The molecule has 0 unspecified atom stereocenters. The maximum absolute atomic E-state index is 13.0. The third kappa shape index (κ3) is 2.86.